The van der Waals surface area contributed by atoms with E-state index in [1.807, 2.05) is 29.6 Å². The van der Waals surface area contributed by atoms with Gasteiger partial charge in [0, 0.05) is 11.1 Å². The van der Waals surface area contributed by atoms with Crippen LogP contribution in [-0.2, 0) is 5.88 Å². The Kier molecular flexibility index (Phi) is 3.64. The van der Waals surface area contributed by atoms with Gasteiger partial charge in [-0.2, -0.15) is 0 Å². The van der Waals surface area contributed by atoms with Crippen molar-refractivity contribution in [2.75, 3.05) is 12.4 Å². The van der Waals surface area contributed by atoms with Crippen LogP contribution in [0.1, 0.15) is 5.69 Å². The van der Waals surface area contributed by atoms with Crippen LogP contribution in [0.15, 0.2) is 29.6 Å². The van der Waals surface area contributed by atoms with Crippen molar-refractivity contribution in [3.63, 3.8) is 0 Å². The molecule has 0 fully saturated rings. The molecule has 0 aliphatic carbocycles. The van der Waals surface area contributed by atoms with Gasteiger partial charge in [-0.15, -0.1) is 22.9 Å². The lowest BCUT2D eigenvalue weighted by atomic mass is 10.3. The van der Waals surface area contributed by atoms with Gasteiger partial charge in [0.1, 0.15) is 5.75 Å². The van der Waals surface area contributed by atoms with Crippen LogP contribution in [0, 0.1) is 0 Å². The van der Waals surface area contributed by atoms with Crippen molar-refractivity contribution >= 4 is 33.8 Å². The second-order valence-corrected chi connectivity index (χ2v) is 4.26. The highest BCUT2D eigenvalue weighted by molar-refractivity contribution is 7.13. The second kappa shape index (κ2) is 5.18. The molecule has 1 aromatic heterocycles. The molecule has 2 aromatic rings. The SMILES string of the molecule is COc1ccc(Nc2nc(CCl)cs2)cc1. The second-order valence-electron chi connectivity index (χ2n) is 3.13. The Morgan fingerprint density at radius 3 is 2.69 bits per heavy atom. The van der Waals surface area contributed by atoms with E-state index in [9.17, 15) is 0 Å². The van der Waals surface area contributed by atoms with Gasteiger partial charge in [0.05, 0.1) is 18.7 Å². The van der Waals surface area contributed by atoms with E-state index in [1.54, 1.807) is 18.4 Å². The Labute approximate surface area is 103 Å². The summed E-state index contributed by atoms with van der Waals surface area (Å²) in [5.74, 6) is 1.28. The topological polar surface area (TPSA) is 34.1 Å². The maximum Gasteiger partial charge on any atom is 0.187 e. The first kappa shape index (κ1) is 11.2. The van der Waals surface area contributed by atoms with Crippen LogP contribution in [0.2, 0.25) is 0 Å². The van der Waals surface area contributed by atoms with E-state index in [0.29, 0.717) is 5.88 Å². The number of ether oxygens (including phenoxy) is 1. The number of benzene rings is 1. The van der Waals surface area contributed by atoms with E-state index in [4.69, 9.17) is 16.3 Å². The summed E-state index contributed by atoms with van der Waals surface area (Å²) < 4.78 is 5.08. The molecule has 84 valence electrons. The first-order valence-corrected chi connectivity index (χ1v) is 6.14. The van der Waals surface area contributed by atoms with Gasteiger partial charge < -0.3 is 10.1 Å². The van der Waals surface area contributed by atoms with Crippen LogP contribution in [-0.4, -0.2) is 12.1 Å². The summed E-state index contributed by atoms with van der Waals surface area (Å²) in [6.07, 6.45) is 0. The van der Waals surface area contributed by atoms with Crippen molar-refractivity contribution in [2.24, 2.45) is 0 Å². The molecule has 0 bridgehead atoms. The highest BCUT2D eigenvalue weighted by Gasteiger charge is 2.01. The zero-order chi connectivity index (χ0) is 11.4. The van der Waals surface area contributed by atoms with Crippen molar-refractivity contribution < 1.29 is 4.74 Å². The normalized spacial score (nSPS) is 10.1. The predicted molar refractivity (Wildman–Crippen MR) is 67.9 cm³/mol. The Morgan fingerprint density at radius 1 is 1.38 bits per heavy atom. The predicted octanol–water partition coefficient (Wildman–Crippen LogP) is 3.63. The van der Waals surface area contributed by atoms with Crippen LogP contribution in [0.3, 0.4) is 0 Å². The number of alkyl halides is 1. The molecule has 2 rings (SSSR count). The third kappa shape index (κ3) is 2.65. The molecule has 0 atom stereocenters. The van der Waals surface area contributed by atoms with Gasteiger partial charge in [0.15, 0.2) is 5.13 Å². The number of thiazole rings is 1. The maximum atomic E-state index is 5.68. The minimum atomic E-state index is 0.445. The fraction of sp³-hybridized carbons (Fsp3) is 0.182. The van der Waals surface area contributed by atoms with Crippen LogP contribution >= 0.6 is 22.9 Å². The molecule has 16 heavy (non-hydrogen) atoms. The Balaban J connectivity index is 2.08. The van der Waals surface area contributed by atoms with Crippen molar-refractivity contribution in [3.05, 3.63) is 35.3 Å². The molecule has 0 saturated carbocycles. The summed E-state index contributed by atoms with van der Waals surface area (Å²) in [6, 6.07) is 7.69. The van der Waals surface area contributed by atoms with Gasteiger partial charge in [-0.3, -0.25) is 0 Å². The van der Waals surface area contributed by atoms with E-state index in [2.05, 4.69) is 10.3 Å². The fourth-order valence-corrected chi connectivity index (χ4v) is 2.18. The molecular formula is C11H11ClN2OS. The lowest BCUT2D eigenvalue weighted by Crippen LogP contribution is -1.90. The van der Waals surface area contributed by atoms with E-state index in [-0.39, 0.29) is 0 Å². The first-order valence-electron chi connectivity index (χ1n) is 4.73. The van der Waals surface area contributed by atoms with Crippen LogP contribution in [0.25, 0.3) is 0 Å². The zero-order valence-corrected chi connectivity index (χ0v) is 10.3. The lowest BCUT2D eigenvalue weighted by Gasteiger charge is -2.03. The van der Waals surface area contributed by atoms with Crippen LogP contribution < -0.4 is 10.1 Å². The number of rotatable bonds is 4. The number of nitrogens with one attached hydrogen (secondary N) is 1. The molecule has 1 heterocycles. The summed E-state index contributed by atoms with van der Waals surface area (Å²) in [5.41, 5.74) is 1.87. The average Bonchev–Trinajstić information content (AvgIpc) is 2.78. The molecule has 0 aliphatic heterocycles. The molecule has 3 nitrogen and oxygen atoms in total. The average molecular weight is 255 g/mol. The van der Waals surface area contributed by atoms with Gasteiger partial charge in [0.25, 0.3) is 0 Å². The molecule has 0 saturated heterocycles. The smallest absolute Gasteiger partial charge is 0.187 e. The van der Waals surface area contributed by atoms with E-state index in [0.717, 1.165) is 22.3 Å². The van der Waals surface area contributed by atoms with Gasteiger partial charge in [-0.05, 0) is 24.3 Å². The number of anilines is 2. The monoisotopic (exact) mass is 254 g/mol. The molecule has 0 radical (unpaired) electrons. The van der Waals surface area contributed by atoms with Crippen molar-refractivity contribution in [1.29, 1.82) is 0 Å². The Hall–Kier alpha value is -1.26. The van der Waals surface area contributed by atoms with Crippen molar-refractivity contribution in [3.8, 4) is 5.75 Å². The van der Waals surface area contributed by atoms with Crippen molar-refractivity contribution in [2.45, 2.75) is 5.88 Å². The van der Waals surface area contributed by atoms with Crippen LogP contribution in [0.5, 0.6) is 5.75 Å². The largest absolute Gasteiger partial charge is 0.497 e. The van der Waals surface area contributed by atoms with Gasteiger partial charge >= 0.3 is 0 Å². The lowest BCUT2D eigenvalue weighted by molar-refractivity contribution is 0.415. The summed E-state index contributed by atoms with van der Waals surface area (Å²) >= 11 is 7.22. The minimum Gasteiger partial charge on any atom is -0.497 e. The molecule has 1 aromatic carbocycles. The number of aromatic nitrogens is 1. The van der Waals surface area contributed by atoms with Gasteiger partial charge in [-0.25, -0.2) is 4.98 Å². The van der Waals surface area contributed by atoms with Gasteiger partial charge in [0.2, 0.25) is 0 Å². The molecule has 0 unspecified atom stereocenters. The third-order valence-electron chi connectivity index (χ3n) is 2.03. The van der Waals surface area contributed by atoms with E-state index < -0.39 is 0 Å². The Bertz CT molecular complexity index is 455. The van der Waals surface area contributed by atoms with Gasteiger partial charge in [-0.1, -0.05) is 0 Å². The Morgan fingerprint density at radius 2 is 2.12 bits per heavy atom. The summed E-state index contributed by atoms with van der Waals surface area (Å²) in [5, 5.41) is 5.99. The fourth-order valence-electron chi connectivity index (χ4n) is 1.22. The number of halogens is 1. The molecule has 5 heteroatoms. The maximum absolute atomic E-state index is 5.68. The molecule has 0 amide bonds. The number of hydrogen-bond donors (Lipinski definition) is 1. The number of hydrogen-bond acceptors (Lipinski definition) is 4. The highest BCUT2D eigenvalue weighted by Crippen LogP contribution is 2.23. The summed E-state index contributed by atoms with van der Waals surface area (Å²) in [4.78, 5) is 4.31. The zero-order valence-electron chi connectivity index (χ0n) is 8.74. The molecular weight excluding hydrogens is 244 g/mol. The van der Waals surface area contributed by atoms with E-state index >= 15 is 0 Å². The van der Waals surface area contributed by atoms with E-state index in [1.165, 1.54) is 0 Å². The minimum absolute atomic E-state index is 0.445. The highest BCUT2D eigenvalue weighted by atomic mass is 35.5. The number of methoxy groups -OCH3 is 1. The first-order chi connectivity index (χ1) is 7.81. The quantitative estimate of drug-likeness (QED) is 0.846. The molecule has 0 aliphatic rings. The number of nitrogens with zero attached hydrogens (tertiary/aromatic N) is 1. The standard InChI is InChI=1S/C11H11ClN2OS/c1-15-10-4-2-8(3-5-10)13-11-14-9(6-12)7-16-11/h2-5,7H,6H2,1H3,(H,13,14). The molecule has 1 N–H and O–H groups in total. The summed E-state index contributed by atoms with van der Waals surface area (Å²) in [6.45, 7) is 0. The summed E-state index contributed by atoms with van der Waals surface area (Å²) in [7, 11) is 1.65. The van der Waals surface area contributed by atoms with Crippen molar-refractivity contribution in [1.82, 2.24) is 4.98 Å². The molecule has 0 spiro atoms. The third-order valence-corrected chi connectivity index (χ3v) is 3.11. The van der Waals surface area contributed by atoms with Crippen LogP contribution in [0.4, 0.5) is 10.8 Å².